The van der Waals surface area contributed by atoms with Crippen molar-refractivity contribution in [2.45, 2.75) is 252 Å². The molecule has 0 N–H and O–H groups in total. The Morgan fingerprint density at radius 3 is 1.69 bits per heavy atom. The van der Waals surface area contributed by atoms with Crippen LogP contribution < -0.4 is 0 Å². The van der Waals surface area contributed by atoms with Gasteiger partial charge in [0.1, 0.15) is 18.3 Å². The molecule has 5 fully saturated rings. The SMILES string of the molecule is CC[Si](CC)(CC)O[C@H]1C[C@H]2O[Si](C(C)(C)C)(C(C)(C)C)OC[C@@H]2O[C@@H]1CC1(S(=O)(=O)c2ccccc2)OC1C[C@@H]1O[C@@H]2C[C@H](OCc3ccccc3)[C@@H](COCc3ccccc3)O[C@H]2C[C@H]1O[Si](C)(C)C(C)(C)C. The molecule has 3 aromatic carbocycles. The molecule has 0 amide bonds. The lowest BCUT2D eigenvalue weighted by atomic mass is 9.88. The standard InChI is InChI=1S/C59H92O12SSi3/c1-15-74(16-2,17-3)70-50-35-51-54(41-64-75(71-51,57(7,8)9)58(10,11)12)67-52(50)37-59(72(60,61)44-31-25-20-26-32-44)55(68-59)36-48-49(69-73(13,14)56(4,5)6)34-47-46(65-48)33-45(63-39-43-29-23-19-24-30-43)53(66-47)40-62-38-42-27-21-18-22-28-42/h18-32,45-55H,15-17,33-41H2,1-14H3/t45-,46+,47-,48-,49+,50-,51+,52+,53+,54-,55?,59?/m0/s1. The number of rotatable bonds is 20. The highest BCUT2D eigenvalue weighted by atomic mass is 32.2. The maximum Gasteiger partial charge on any atom is 0.349 e. The maximum atomic E-state index is 15.5. The molecule has 12 nitrogen and oxygen atoms in total. The summed E-state index contributed by atoms with van der Waals surface area (Å²) in [5.74, 6) is 0. The van der Waals surface area contributed by atoms with E-state index in [1.165, 1.54) is 0 Å². The Labute approximate surface area is 454 Å². The first kappa shape index (κ1) is 59.0. The Balaban J connectivity index is 1.10. The number of hydrogen-bond acceptors (Lipinski definition) is 12. The highest BCUT2D eigenvalue weighted by Crippen LogP contribution is 2.57. The van der Waals surface area contributed by atoms with Crippen LogP contribution in [0.1, 0.15) is 126 Å². The van der Waals surface area contributed by atoms with Crippen LogP contribution in [0.25, 0.3) is 0 Å². The van der Waals surface area contributed by atoms with Gasteiger partial charge in [-0.3, -0.25) is 0 Å². The zero-order valence-corrected chi connectivity index (χ0v) is 51.6. The van der Waals surface area contributed by atoms with E-state index < -0.39 is 70.5 Å². The molecule has 0 bridgehead atoms. The third-order valence-corrected chi connectivity index (χ3v) is 34.4. The molecule has 12 atom stereocenters. The van der Waals surface area contributed by atoms with Gasteiger partial charge in [0.15, 0.2) is 16.6 Å². The predicted molar refractivity (Wildman–Crippen MR) is 302 cm³/mol. The third-order valence-electron chi connectivity index (χ3n) is 17.8. The Morgan fingerprint density at radius 1 is 0.627 bits per heavy atom. The van der Waals surface area contributed by atoms with E-state index in [9.17, 15) is 0 Å². The smallest absolute Gasteiger partial charge is 0.349 e. The molecule has 0 aliphatic carbocycles. The molecule has 3 aromatic rings. The molecule has 16 heteroatoms. The predicted octanol–water partition coefficient (Wildman–Crippen LogP) is 12.8. The van der Waals surface area contributed by atoms with Crippen LogP contribution >= 0.6 is 0 Å². The van der Waals surface area contributed by atoms with Gasteiger partial charge in [-0.2, -0.15) is 0 Å². The van der Waals surface area contributed by atoms with Gasteiger partial charge in [0.2, 0.25) is 14.8 Å². The summed E-state index contributed by atoms with van der Waals surface area (Å²) in [6.07, 6.45) is -2.47. The van der Waals surface area contributed by atoms with Gasteiger partial charge in [-0.1, -0.05) is 162 Å². The molecule has 0 saturated carbocycles. The molecule has 5 saturated heterocycles. The fourth-order valence-electron chi connectivity index (χ4n) is 12.3. The number of sulfone groups is 1. The minimum atomic E-state index is -4.12. The van der Waals surface area contributed by atoms with Gasteiger partial charge < -0.3 is 46.1 Å². The largest absolute Gasteiger partial charge is 0.411 e. The summed E-state index contributed by atoms with van der Waals surface area (Å²) in [4.78, 5) is -1.41. The van der Waals surface area contributed by atoms with Crippen LogP contribution in [-0.4, -0.2) is 119 Å². The van der Waals surface area contributed by atoms with E-state index in [1.54, 1.807) is 24.3 Å². The van der Waals surface area contributed by atoms with Crippen LogP contribution in [0.3, 0.4) is 0 Å². The molecule has 5 aliphatic rings. The van der Waals surface area contributed by atoms with E-state index in [-0.39, 0.29) is 63.1 Å². The Kier molecular flexibility index (Phi) is 18.2. The Bertz CT molecular complexity index is 2390. The summed E-state index contributed by atoms with van der Waals surface area (Å²) in [6.45, 7) is 32.9. The Hall–Kier alpha value is -2.14. The molecule has 8 rings (SSSR count). The van der Waals surface area contributed by atoms with Crippen LogP contribution in [0.2, 0.25) is 46.3 Å². The van der Waals surface area contributed by atoms with Gasteiger partial charge in [0.25, 0.3) is 0 Å². The average molecular weight is 1110 g/mol. The van der Waals surface area contributed by atoms with Gasteiger partial charge in [0, 0.05) is 42.2 Å². The van der Waals surface area contributed by atoms with Gasteiger partial charge in [-0.25, -0.2) is 8.42 Å². The molecule has 2 unspecified atom stereocenters. The van der Waals surface area contributed by atoms with E-state index in [4.69, 9.17) is 46.1 Å². The number of hydrogen-bond donors (Lipinski definition) is 0. The summed E-state index contributed by atoms with van der Waals surface area (Å²) in [6, 6.07) is 31.9. The third kappa shape index (κ3) is 12.6. The lowest BCUT2D eigenvalue weighted by molar-refractivity contribution is -0.257. The quantitative estimate of drug-likeness (QED) is 0.0789. The number of benzene rings is 3. The summed E-state index contributed by atoms with van der Waals surface area (Å²) >= 11 is 0. The number of ether oxygens (including phenoxy) is 6. The summed E-state index contributed by atoms with van der Waals surface area (Å²) < 4.78 is 102. The highest BCUT2D eigenvalue weighted by Gasteiger charge is 2.70. The Morgan fingerprint density at radius 2 is 1.13 bits per heavy atom. The van der Waals surface area contributed by atoms with Crippen molar-refractivity contribution < 1.29 is 54.5 Å². The van der Waals surface area contributed by atoms with Crippen molar-refractivity contribution in [3.63, 3.8) is 0 Å². The first-order chi connectivity index (χ1) is 35.3. The molecular weight excluding hydrogens is 1020 g/mol. The molecule has 5 aliphatic heterocycles. The number of fused-ring (bicyclic) bond motifs is 2. The highest BCUT2D eigenvalue weighted by molar-refractivity contribution is 7.93. The van der Waals surface area contributed by atoms with Crippen molar-refractivity contribution in [3.05, 3.63) is 102 Å². The van der Waals surface area contributed by atoms with Crippen molar-refractivity contribution in [3.8, 4) is 0 Å². The lowest BCUT2D eigenvalue weighted by Gasteiger charge is -2.57. The topological polar surface area (TPSA) is 130 Å². The normalized spacial score (nSPS) is 31.6. The van der Waals surface area contributed by atoms with Gasteiger partial charge >= 0.3 is 8.56 Å². The van der Waals surface area contributed by atoms with Crippen molar-refractivity contribution in [1.82, 2.24) is 0 Å². The fourth-order valence-corrected chi connectivity index (χ4v) is 23.5. The van der Waals surface area contributed by atoms with E-state index >= 15 is 8.42 Å². The molecular formula is C59H92O12SSi3. The molecule has 0 spiro atoms. The first-order valence-corrected chi connectivity index (χ1v) is 36.9. The van der Waals surface area contributed by atoms with Crippen molar-refractivity contribution in [1.29, 1.82) is 0 Å². The van der Waals surface area contributed by atoms with Crippen LogP contribution in [0.4, 0.5) is 0 Å². The number of epoxide rings is 1. The maximum absolute atomic E-state index is 15.5. The van der Waals surface area contributed by atoms with E-state index in [0.29, 0.717) is 52.1 Å². The van der Waals surface area contributed by atoms with Crippen molar-refractivity contribution in [2.75, 3.05) is 13.2 Å². The zero-order chi connectivity index (χ0) is 54.2. The van der Waals surface area contributed by atoms with E-state index in [2.05, 4.69) is 120 Å². The van der Waals surface area contributed by atoms with Gasteiger partial charge in [-0.15, -0.1) is 0 Å². The second-order valence-corrected chi connectivity index (χ2v) is 42.2. The van der Waals surface area contributed by atoms with Gasteiger partial charge in [0.05, 0.1) is 80.2 Å². The summed E-state index contributed by atoms with van der Waals surface area (Å²) in [7, 11) is -11.7. The summed E-state index contributed by atoms with van der Waals surface area (Å²) in [5.41, 5.74) is 2.16. The van der Waals surface area contributed by atoms with E-state index in [0.717, 1.165) is 29.3 Å². The van der Waals surface area contributed by atoms with Crippen LogP contribution in [0.15, 0.2) is 95.9 Å². The van der Waals surface area contributed by atoms with Crippen LogP contribution in [0, 0.1) is 0 Å². The van der Waals surface area contributed by atoms with Crippen molar-refractivity contribution >= 4 is 35.0 Å². The van der Waals surface area contributed by atoms with E-state index in [1.807, 2.05) is 42.5 Å². The van der Waals surface area contributed by atoms with Crippen molar-refractivity contribution in [2.24, 2.45) is 0 Å². The molecule has 418 valence electrons. The van der Waals surface area contributed by atoms with Crippen LogP contribution in [0.5, 0.6) is 0 Å². The van der Waals surface area contributed by atoms with Crippen LogP contribution in [-0.2, 0) is 69.2 Å². The second kappa shape index (κ2) is 23.1. The average Bonchev–Trinajstić information content (AvgIpc) is 4.09. The minimum Gasteiger partial charge on any atom is -0.411 e. The molecule has 75 heavy (non-hydrogen) atoms. The fraction of sp³-hybridized carbons (Fsp3) is 0.695. The van der Waals surface area contributed by atoms with Gasteiger partial charge in [-0.05, 0) is 59.5 Å². The summed E-state index contributed by atoms with van der Waals surface area (Å²) in [5, 5.41) is -0.532. The zero-order valence-electron chi connectivity index (χ0n) is 47.8. The lowest BCUT2D eigenvalue weighted by Crippen LogP contribution is -2.68. The molecule has 0 radical (unpaired) electrons. The second-order valence-electron chi connectivity index (χ2n) is 25.8. The monoisotopic (exact) mass is 1110 g/mol. The molecule has 5 heterocycles. The first-order valence-electron chi connectivity index (χ1n) is 28.2. The minimum absolute atomic E-state index is 0.0845. The molecule has 0 aromatic heterocycles.